The fourth-order valence-electron chi connectivity index (χ4n) is 3.42. The fraction of sp³-hybridized carbons (Fsp3) is 0.0435. The van der Waals surface area contributed by atoms with Gasteiger partial charge in [0.25, 0.3) is 0 Å². The van der Waals surface area contributed by atoms with Gasteiger partial charge in [-0.3, -0.25) is 15.0 Å². The summed E-state index contributed by atoms with van der Waals surface area (Å²) in [7, 11) is 0. The van der Waals surface area contributed by atoms with Gasteiger partial charge in [0, 0.05) is 22.2 Å². The number of carbonyl (C=O) groups is 1. The molecule has 0 aliphatic carbocycles. The molecule has 3 aromatic carbocycles. The van der Waals surface area contributed by atoms with Crippen molar-refractivity contribution in [3.05, 3.63) is 84.7 Å². The highest BCUT2D eigenvalue weighted by Crippen LogP contribution is 2.30. The minimum atomic E-state index is -0.0455. The third kappa shape index (κ3) is 3.56. The number of aromatic amines is 2. The molecule has 0 spiro atoms. The molecule has 0 radical (unpaired) electrons. The number of fused-ring (bicyclic) bond motifs is 1. The van der Waals surface area contributed by atoms with Crippen molar-refractivity contribution < 1.29 is 4.79 Å². The van der Waals surface area contributed by atoms with Crippen molar-refractivity contribution >= 4 is 22.5 Å². The molecule has 0 aliphatic heterocycles. The summed E-state index contributed by atoms with van der Waals surface area (Å²) >= 11 is 0. The largest absolute Gasteiger partial charge is 0.326 e. The SMILES string of the molecule is O=C(Cc1ccccc1)Nc1ccc(-c2n[nH]c3ccc(-c4ncn[nH]4)cc23)cc1. The summed E-state index contributed by atoms with van der Waals surface area (Å²) in [6.45, 7) is 0. The first-order valence-corrected chi connectivity index (χ1v) is 9.54. The summed E-state index contributed by atoms with van der Waals surface area (Å²) in [6.07, 6.45) is 1.83. The number of anilines is 1. The summed E-state index contributed by atoms with van der Waals surface area (Å²) in [5.41, 5.74) is 5.41. The van der Waals surface area contributed by atoms with E-state index in [1.54, 1.807) is 0 Å². The molecule has 0 unspecified atom stereocenters. The molecule has 2 aromatic heterocycles. The Morgan fingerprint density at radius 2 is 1.70 bits per heavy atom. The van der Waals surface area contributed by atoms with Gasteiger partial charge in [-0.15, -0.1) is 0 Å². The zero-order chi connectivity index (χ0) is 20.3. The van der Waals surface area contributed by atoms with Gasteiger partial charge in [-0.2, -0.15) is 10.2 Å². The third-order valence-corrected chi connectivity index (χ3v) is 4.90. The molecule has 146 valence electrons. The smallest absolute Gasteiger partial charge is 0.228 e. The van der Waals surface area contributed by atoms with E-state index in [0.717, 1.165) is 39.0 Å². The van der Waals surface area contributed by atoms with Crippen LogP contribution in [0.5, 0.6) is 0 Å². The third-order valence-electron chi connectivity index (χ3n) is 4.90. The minimum absolute atomic E-state index is 0.0455. The summed E-state index contributed by atoms with van der Waals surface area (Å²) < 4.78 is 0. The average molecular weight is 394 g/mol. The van der Waals surface area contributed by atoms with Crippen LogP contribution in [0, 0.1) is 0 Å². The first-order valence-electron chi connectivity index (χ1n) is 9.54. The molecule has 0 saturated heterocycles. The van der Waals surface area contributed by atoms with Crippen LogP contribution < -0.4 is 5.32 Å². The molecule has 0 saturated carbocycles. The fourth-order valence-corrected chi connectivity index (χ4v) is 3.42. The molecule has 2 heterocycles. The highest BCUT2D eigenvalue weighted by atomic mass is 16.1. The number of H-pyrrole nitrogens is 2. The molecule has 1 amide bonds. The molecular weight excluding hydrogens is 376 g/mol. The number of nitrogens with one attached hydrogen (secondary N) is 3. The van der Waals surface area contributed by atoms with Crippen LogP contribution in [-0.2, 0) is 11.2 Å². The van der Waals surface area contributed by atoms with Crippen LogP contribution in [-0.4, -0.2) is 31.3 Å². The van der Waals surface area contributed by atoms with Crippen molar-refractivity contribution in [2.24, 2.45) is 0 Å². The van der Waals surface area contributed by atoms with Gasteiger partial charge in [0.15, 0.2) is 5.82 Å². The molecule has 5 rings (SSSR count). The van der Waals surface area contributed by atoms with Crippen LogP contribution in [0.1, 0.15) is 5.56 Å². The molecule has 30 heavy (non-hydrogen) atoms. The second-order valence-corrected chi connectivity index (χ2v) is 6.95. The van der Waals surface area contributed by atoms with E-state index in [4.69, 9.17) is 0 Å². The number of amides is 1. The van der Waals surface area contributed by atoms with Crippen molar-refractivity contribution in [2.75, 3.05) is 5.32 Å². The maximum absolute atomic E-state index is 12.3. The van der Waals surface area contributed by atoms with Gasteiger partial charge in [0.1, 0.15) is 6.33 Å². The Hall–Kier alpha value is -4.26. The van der Waals surface area contributed by atoms with Crippen LogP contribution in [0.15, 0.2) is 79.1 Å². The van der Waals surface area contributed by atoms with Gasteiger partial charge in [-0.1, -0.05) is 42.5 Å². The highest BCUT2D eigenvalue weighted by molar-refractivity contribution is 5.96. The number of rotatable bonds is 5. The highest BCUT2D eigenvalue weighted by Gasteiger charge is 2.11. The molecule has 5 aromatic rings. The number of benzene rings is 3. The molecule has 0 atom stereocenters. The number of aromatic nitrogens is 5. The van der Waals surface area contributed by atoms with E-state index < -0.39 is 0 Å². The predicted molar refractivity (Wildman–Crippen MR) is 116 cm³/mol. The number of hydrogen-bond donors (Lipinski definition) is 3. The molecule has 0 fully saturated rings. The Bertz CT molecular complexity index is 1290. The second-order valence-electron chi connectivity index (χ2n) is 6.95. The van der Waals surface area contributed by atoms with Crippen molar-refractivity contribution in [1.82, 2.24) is 25.4 Å². The molecule has 0 bridgehead atoms. The summed E-state index contributed by atoms with van der Waals surface area (Å²) in [6, 6.07) is 23.3. The number of nitrogens with zero attached hydrogens (tertiary/aromatic N) is 3. The first kappa shape index (κ1) is 17.8. The maximum atomic E-state index is 12.3. The maximum Gasteiger partial charge on any atom is 0.228 e. The van der Waals surface area contributed by atoms with E-state index in [0.29, 0.717) is 12.2 Å². The topological polar surface area (TPSA) is 99.3 Å². The zero-order valence-corrected chi connectivity index (χ0v) is 16.0. The van der Waals surface area contributed by atoms with Crippen LogP contribution in [0.3, 0.4) is 0 Å². The van der Waals surface area contributed by atoms with E-state index in [-0.39, 0.29) is 5.91 Å². The Morgan fingerprint density at radius 3 is 2.47 bits per heavy atom. The van der Waals surface area contributed by atoms with Crippen LogP contribution in [0.25, 0.3) is 33.5 Å². The second kappa shape index (κ2) is 7.63. The average Bonchev–Trinajstić information content (AvgIpc) is 3.45. The Kier molecular flexibility index (Phi) is 4.53. The van der Waals surface area contributed by atoms with Crippen LogP contribution in [0.4, 0.5) is 5.69 Å². The predicted octanol–water partition coefficient (Wildman–Crippen LogP) is 4.20. The lowest BCUT2D eigenvalue weighted by molar-refractivity contribution is -0.115. The monoisotopic (exact) mass is 394 g/mol. The van der Waals surface area contributed by atoms with Gasteiger partial charge < -0.3 is 5.32 Å². The molecular formula is C23H18N6O. The lowest BCUT2D eigenvalue weighted by Crippen LogP contribution is -2.14. The van der Waals surface area contributed by atoms with Crippen molar-refractivity contribution in [3.8, 4) is 22.6 Å². The van der Waals surface area contributed by atoms with E-state index in [2.05, 4.69) is 30.7 Å². The Balaban J connectivity index is 1.37. The number of hydrogen-bond acceptors (Lipinski definition) is 4. The van der Waals surface area contributed by atoms with Gasteiger partial charge in [0.05, 0.1) is 17.6 Å². The molecule has 7 nitrogen and oxygen atoms in total. The van der Waals surface area contributed by atoms with Gasteiger partial charge >= 0.3 is 0 Å². The van der Waals surface area contributed by atoms with E-state index in [9.17, 15) is 4.79 Å². The van der Waals surface area contributed by atoms with Crippen molar-refractivity contribution in [3.63, 3.8) is 0 Å². The quantitative estimate of drug-likeness (QED) is 0.416. The zero-order valence-electron chi connectivity index (χ0n) is 16.0. The first-order chi connectivity index (χ1) is 14.8. The molecule has 7 heteroatoms. The standard InChI is InChI=1S/C23H18N6O/c30-21(12-15-4-2-1-3-5-15)26-18-9-6-16(7-10-18)22-19-13-17(23-24-14-25-29-23)8-11-20(19)27-28-22/h1-11,13-14H,12H2,(H,26,30)(H,27,28)(H,24,25,29). The summed E-state index contributed by atoms with van der Waals surface area (Å²) in [4.78, 5) is 16.5. The Labute approximate surface area is 172 Å². The van der Waals surface area contributed by atoms with E-state index >= 15 is 0 Å². The van der Waals surface area contributed by atoms with Crippen molar-refractivity contribution in [1.29, 1.82) is 0 Å². The lowest BCUT2D eigenvalue weighted by atomic mass is 10.0. The van der Waals surface area contributed by atoms with E-state index in [1.807, 2.05) is 72.8 Å². The summed E-state index contributed by atoms with van der Waals surface area (Å²) in [5, 5.41) is 18.3. The van der Waals surface area contributed by atoms with E-state index in [1.165, 1.54) is 6.33 Å². The van der Waals surface area contributed by atoms with Crippen LogP contribution >= 0.6 is 0 Å². The summed E-state index contributed by atoms with van der Waals surface area (Å²) in [5.74, 6) is 0.663. The van der Waals surface area contributed by atoms with Crippen molar-refractivity contribution in [2.45, 2.75) is 6.42 Å². The van der Waals surface area contributed by atoms with Gasteiger partial charge in [-0.05, 0) is 35.9 Å². The Morgan fingerprint density at radius 1 is 0.900 bits per heavy atom. The molecule has 0 aliphatic rings. The normalized spacial score (nSPS) is 10.9. The van der Waals surface area contributed by atoms with Crippen LogP contribution in [0.2, 0.25) is 0 Å². The minimum Gasteiger partial charge on any atom is -0.326 e. The van der Waals surface area contributed by atoms with Gasteiger partial charge in [0.2, 0.25) is 5.91 Å². The lowest BCUT2D eigenvalue weighted by Gasteiger charge is -2.06. The number of carbonyl (C=O) groups excluding carboxylic acids is 1. The van der Waals surface area contributed by atoms with Gasteiger partial charge in [-0.25, -0.2) is 4.98 Å². The molecule has 3 N–H and O–H groups in total.